The van der Waals surface area contributed by atoms with Crippen LogP contribution in [0.3, 0.4) is 0 Å². The van der Waals surface area contributed by atoms with E-state index in [1.54, 1.807) is 22.2 Å². The predicted molar refractivity (Wildman–Crippen MR) is 107 cm³/mol. The Morgan fingerprint density at radius 2 is 2.19 bits per heavy atom. The number of hydrogen-bond donors (Lipinski definition) is 2. The molecule has 3 aromatic heterocycles. The summed E-state index contributed by atoms with van der Waals surface area (Å²) < 4.78 is 2.76. The van der Waals surface area contributed by atoms with Gasteiger partial charge >= 0.3 is 0 Å². The molecule has 1 saturated heterocycles. The monoisotopic (exact) mass is 383 g/mol. The first kappa shape index (κ1) is 17.5. The SMILES string of the molecule is C=CC(=O)N1CCC(Nc2nc(Nc3cnn(C)c3)nc3ccsc23)CC1. The number of carbonyl (C=O) groups is 1. The molecular weight excluding hydrogens is 362 g/mol. The second-order valence-corrected chi connectivity index (χ2v) is 7.42. The molecule has 0 bridgehead atoms. The highest BCUT2D eigenvalue weighted by Crippen LogP contribution is 2.29. The van der Waals surface area contributed by atoms with Gasteiger partial charge in [0.15, 0.2) is 0 Å². The van der Waals surface area contributed by atoms with Crippen molar-refractivity contribution >= 4 is 44.9 Å². The van der Waals surface area contributed by atoms with Gasteiger partial charge in [0.2, 0.25) is 11.9 Å². The van der Waals surface area contributed by atoms with Crippen LogP contribution < -0.4 is 10.6 Å². The van der Waals surface area contributed by atoms with Gasteiger partial charge in [-0.15, -0.1) is 11.3 Å². The molecule has 1 fully saturated rings. The molecule has 4 heterocycles. The number of nitrogens with one attached hydrogen (secondary N) is 2. The van der Waals surface area contributed by atoms with E-state index in [0.29, 0.717) is 5.95 Å². The number of anilines is 3. The van der Waals surface area contributed by atoms with E-state index in [1.807, 2.05) is 29.6 Å². The van der Waals surface area contributed by atoms with E-state index >= 15 is 0 Å². The number of piperidine rings is 1. The van der Waals surface area contributed by atoms with Gasteiger partial charge in [-0.2, -0.15) is 10.1 Å². The summed E-state index contributed by atoms with van der Waals surface area (Å²) in [4.78, 5) is 22.9. The zero-order valence-electron chi connectivity index (χ0n) is 15.1. The van der Waals surface area contributed by atoms with Crippen LogP contribution in [0, 0.1) is 0 Å². The minimum absolute atomic E-state index is 0.000842. The Kier molecular flexibility index (Phi) is 4.76. The molecule has 140 valence electrons. The summed E-state index contributed by atoms with van der Waals surface area (Å²) >= 11 is 1.62. The Bertz CT molecular complexity index is 971. The van der Waals surface area contributed by atoms with E-state index in [0.717, 1.165) is 47.7 Å². The van der Waals surface area contributed by atoms with Gasteiger partial charge in [-0.05, 0) is 30.4 Å². The highest BCUT2D eigenvalue weighted by atomic mass is 32.1. The molecule has 27 heavy (non-hydrogen) atoms. The van der Waals surface area contributed by atoms with Crippen molar-refractivity contribution < 1.29 is 4.79 Å². The molecular formula is C18H21N7OS. The van der Waals surface area contributed by atoms with Crippen LogP contribution in [0.2, 0.25) is 0 Å². The number of aryl methyl sites for hydroxylation is 1. The average molecular weight is 383 g/mol. The Balaban J connectivity index is 1.52. The van der Waals surface area contributed by atoms with Gasteiger partial charge in [-0.3, -0.25) is 9.48 Å². The average Bonchev–Trinajstić information content (AvgIpc) is 3.30. The first-order valence-electron chi connectivity index (χ1n) is 8.81. The smallest absolute Gasteiger partial charge is 0.245 e. The molecule has 0 spiro atoms. The van der Waals surface area contributed by atoms with Gasteiger partial charge in [0.1, 0.15) is 5.82 Å². The van der Waals surface area contributed by atoms with Crippen molar-refractivity contribution in [1.29, 1.82) is 0 Å². The van der Waals surface area contributed by atoms with Gasteiger partial charge in [0.25, 0.3) is 0 Å². The van der Waals surface area contributed by atoms with Gasteiger partial charge in [-0.1, -0.05) is 6.58 Å². The lowest BCUT2D eigenvalue weighted by molar-refractivity contribution is -0.126. The summed E-state index contributed by atoms with van der Waals surface area (Å²) in [6, 6.07) is 2.26. The molecule has 0 atom stereocenters. The van der Waals surface area contributed by atoms with E-state index in [4.69, 9.17) is 0 Å². The van der Waals surface area contributed by atoms with E-state index in [-0.39, 0.29) is 11.9 Å². The van der Waals surface area contributed by atoms with Crippen molar-refractivity contribution in [3.05, 3.63) is 36.5 Å². The summed E-state index contributed by atoms with van der Waals surface area (Å²) in [7, 11) is 1.87. The Morgan fingerprint density at radius 3 is 2.89 bits per heavy atom. The summed E-state index contributed by atoms with van der Waals surface area (Å²) in [6.45, 7) is 5.01. The molecule has 0 aliphatic carbocycles. The minimum Gasteiger partial charge on any atom is -0.366 e. The third kappa shape index (κ3) is 3.77. The number of carbonyl (C=O) groups excluding carboxylic acids is 1. The Labute approximate surface area is 160 Å². The Hall–Kier alpha value is -2.94. The Morgan fingerprint density at radius 1 is 1.37 bits per heavy atom. The third-order valence-electron chi connectivity index (χ3n) is 4.59. The molecule has 0 radical (unpaired) electrons. The first-order valence-corrected chi connectivity index (χ1v) is 9.69. The van der Waals surface area contributed by atoms with E-state index in [2.05, 4.69) is 32.3 Å². The number of hydrogen-bond acceptors (Lipinski definition) is 7. The highest BCUT2D eigenvalue weighted by Gasteiger charge is 2.22. The largest absolute Gasteiger partial charge is 0.366 e. The van der Waals surface area contributed by atoms with Crippen LogP contribution in [0.25, 0.3) is 10.2 Å². The predicted octanol–water partition coefficient (Wildman–Crippen LogP) is 2.76. The van der Waals surface area contributed by atoms with Crippen molar-refractivity contribution in [1.82, 2.24) is 24.6 Å². The zero-order valence-corrected chi connectivity index (χ0v) is 15.9. The lowest BCUT2D eigenvalue weighted by Crippen LogP contribution is -2.41. The summed E-state index contributed by atoms with van der Waals surface area (Å²) in [6.07, 6.45) is 6.74. The maximum atomic E-state index is 11.7. The van der Waals surface area contributed by atoms with Gasteiger partial charge in [-0.25, -0.2) is 4.98 Å². The quantitative estimate of drug-likeness (QED) is 0.659. The zero-order chi connectivity index (χ0) is 18.8. The number of aromatic nitrogens is 4. The van der Waals surface area contributed by atoms with E-state index in [9.17, 15) is 4.79 Å². The maximum absolute atomic E-state index is 11.7. The van der Waals surface area contributed by atoms with Crippen molar-refractivity contribution in [2.24, 2.45) is 7.05 Å². The van der Waals surface area contributed by atoms with Crippen LogP contribution in [0.15, 0.2) is 36.5 Å². The lowest BCUT2D eigenvalue weighted by atomic mass is 10.0. The van der Waals surface area contributed by atoms with E-state index in [1.165, 1.54) is 6.08 Å². The molecule has 1 aliphatic heterocycles. The van der Waals surface area contributed by atoms with Gasteiger partial charge < -0.3 is 15.5 Å². The molecule has 1 aliphatic rings. The fourth-order valence-electron chi connectivity index (χ4n) is 3.20. The fraction of sp³-hybridized carbons (Fsp3) is 0.333. The van der Waals surface area contributed by atoms with Crippen LogP contribution in [0.4, 0.5) is 17.5 Å². The summed E-state index contributed by atoms with van der Waals surface area (Å²) in [5, 5.41) is 12.9. The first-order chi connectivity index (χ1) is 13.1. The molecule has 4 rings (SSSR count). The fourth-order valence-corrected chi connectivity index (χ4v) is 3.98. The lowest BCUT2D eigenvalue weighted by Gasteiger charge is -2.32. The topological polar surface area (TPSA) is 88.0 Å². The molecule has 0 aromatic carbocycles. The number of nitrogens with zero attached hydrogens (tertiary/aromatic N) is 5. The van der Waals surface area contributed by atoms with Crippen LogP contribution in [-0.4, -0.2) is 49.7 Å². The van der Waals surface area contributed by atoms with E-state index < -0.39 is 0 Å². The van der Waals surface area contributed by atoms with Crippen molar-refractivity contribution in [2.45, 2.75) is 18.9 Å². The second kappa shape index (κ2) is 7.36. The molecule has 9 heteroatoms. The third-order valence-corrected chi connectivity index (χ3v) is 5.50. The van der Waals surface area contributed by atoms with Gasteiger partial charge in [0, 0.05) is 32.4 Å². The minimum atomic E-state index is -0.000842. The molecule has 8 nitrogen and oxygen atoms in total. The molecule has 3 aromatic rings. The number of likely N-dealkylation sites (tertiary alicyclic amines) is 1. The van der Waals surface area contributed by atoms with Crippen LogP contribution in [0.1, 0.15) is 12.8 Å². The standard InChI is InChI=1S/C18H21N7OS/c1-3-15(26)25-7-4-12(5-8-25)20-17-16-14(6-9-27-16)22-18(23-17)21-13-10-19-24(2)11-13/h3,6,9-12H,1,4-5,7-8H2,2H3,(H2,20,21,22,23). The second-order valence-electron chi connectivity index (χ2n) is 6.51. The molecule has 0 saturated carbocycles. The number of thiophene rings is 1. The molecule has 0 unspecified atom stereocenters. The number of rotatable bonds is 5. The maximum Gasteiger partial charge on any atom is 0.245 e. The summed E-state index contributed by atoms with van der Waals surface area (Å²) in [5.74, 6) is 1.37. The number of amides is 1. The van der Waals surface area contributed by atoms with Crippen molar-refractivity contribution in [3.63, 3.8) is 0 Å². The molecule has 2 N–H and O–H groups in total. The number of fused-ring (bicyclic) bond motifs is 1. The highest BCUT2D eigenvalue weighted by molar-refractivity contribution is 7.17. The summed E-state index contributed by atoms with van der Waals surface area (Å²) in [5.41, 5.74) is 1.75. The normalized spacial score (nSPS) is 15.1. The van der Waals surface area contributed by atoms with Gasteiger partial charge in [0.05, 0.1) is 22.1 Å². The van der Waals surface area contributed by atoms with Crippen LogP contribution in [0.5, 0.6) is 0 Å². The van der Waals surface area contributed by atoms with Crippen molar-refractivity contribution in [2.75, 3.05) is 23.7 Å². The molecule has 1 amide bonds. The van der Waals surface area contributed by atoms with Crippen LogP contribution >= 0.6 is 11.3 Å². The van der Waals surface area contributed by atoms with Crippen LogP contribution in [-0.2, 0) is 11.8 Å². The van der Waals surface area contributed by atoms with Crippen molar-refractivity contribution in [3.8, 4) is 0 Å².